The fourth-order valence-corrected chi connectivity index (χ4v) is 1.95. The average Bonchev–Trinajstić information content (AvgIpc) is 2.20. The molecule has 3 heteroatoms. The van der Waals surface area contributed by atoms with Gasteiger partial charge < -0.3 is 17.5 Å². The molecule has 1 nitrogen and oxygen atoms in total. The maximum absolute atomic E-state index is 5.05. The minimum absolute atomic E-state index is 0. The third-order valence-electron chi connectivity index (χ3n) is 2.56. The van der Waals surface area contributed by atoms with Crippen LogP contribution in [0.25, 0.3) is 0 Å². The molecular weight excluding hydrogens is 201 g/mol. The number of rotatable bonds is 1. The predicted molar refractivity (Wildman–Crippen MR) is 58.1 cm³/mol. The topological polar surface area (TPSA) is 3.24 Å². The van der Waals surface area contributed by atoms with Gasteiger partial charge in [-0.15, -0.1) is 0 Å². The first-order chi connectivity index (χ1) is 6.36. The van der Waals surface area contributed by atoms with Gasteiger partial charge in [-0.1, -0.05) is 12.1 Å². The van der Waals surface area contributed by atoms with Gasteiger partial charge in [0.15, 0.2) is 0 Å². The van der Waals surface area contributed by atoms with Gasteiger partial charge >= 0.3 is 29.6 Å². The molecule has 0 radical (unpaired) electrons. The molecular formula is C11H14NNaS. The summed E-state index contributed by atoms with van der Waals surface area (Å²) < 4.78 is 0. The van der Waals surface area contributed by atoms with E-state index >= 15 is 0 Å². The number of piperidine rings is 1. The molecule has 70 valence electrons. The molecule has 0 spiro atoms. The van der Waals surface area contributed by atoms with Gasteiger partial charge in [-0.3, -0.25) is 0 Å². The van der Waals surface area contributed by atoms with E-state index in [1.807, 2.05) is 12.1 Å². The summed E-state index contributed by atoms with van der Waals surface area (Å²) in [5.74, 6) is 0. The van der Waals surface area contributed by atoms with Crippen LogP contribution in [0, 0.1) is 0 Å². The van der Waals surface area contributed by atoms with Gasteiger partial charge in [0.05, 0.1) is 0 Å². The third kappa shape index (κ3) is 3.13. The zero-order valence-electron chi connectivity index (χ0n) is 8.70. The van der Waals surface area contributed by atoms with Crippen molar-refractivity contribution in [1.82, 2.24) is 0 Å². The number of hydrogen-bond donors (Lipinski definition) is 0. The Kier molecular flexibility index (Phi) is 5.24. The second-order valence-corrected chi connectivity index (χ2v) is 4.01. The van der Waals surface area contributed by atoms with Gasteiger partial charge in [-0.05, 0) is 31.4 Å². The zero-order chi connectivity index (χ0) is 9.10. The number of nitrogens with zero attached hydrogens (tertiary/aromatic N) is 1. The molecule has 0 unspecified atom stereocenters. The monoisotopic (exact) mass is 215 g/mol. The number of anilines is 1. The van der Waals surface area contributed by atoms with Gasteiger partial charge in [0, 0.05) is 18.8 Å². The van der Waals surface area contributed by atoms with Crippen molar-refractivity contribution in [1.29, 1.82) is 0 Å². The molecule has 0 aliphatic carbocycles. The Morgan fingerprint density at radius 1 is 0.929 bits per heavy atom. The number of hydrogen-bond acceptors (Lipinski definition) is 2. The van der Waals surface area contributed by atoms with Crippen LogP contribution in [0.4, 0.5) is 5.69 Å². The Morgan fingerprint density at radius 2 is 1.50 bits per heavy atom. The summed E-state index contributed by atoms with van der Waals surface area (Å²) in [6.07, 6.45) is 4.04. The number of benzene rings is 1. The second kappa shape index (κ2) is 5.96. The summed E-state index contributed by atoms with van der Waals surface area (Å²) in [5, 5.41) is 0. The average molecular weight is 215 g/mol. The van der Waals surface area contributed by atoms with Crippen LogP contribution in [-0.2, 0) is 12.6 Å². The van der Waals surface area contributed by atoms with Crippen molar-refractivity contribution in [3.63, 3.8) is 0 Å². The van der Waals surface area contributed by atoms with Crippen molar-refractivity contribution >= 4 is 18.3 Å². The van der Waals surface area contributed by atoms with Crippen LogP contribution in [0.15, 0.2) is 29.2 Å². The minimum atomic E-state index is 0. The Morgan fingerprint density at radius 3 is 2.07 bits per heavy atom. The Balaban J connectivity index is 0.000000980. The van der Waals surface area contributed by atoms with E-state index in [4.69, 9.17) is 12.6 Å². The van der Waals surface area contributed by atoms with E-state index in [2.05, 4.69) is 17.0 Å². The standard InChI is InChI=1S/C11H15NS.Na/c13-11-6-4-10(5-7-11)12-8-2-1-3-9-12;/h4-7,13H,1-3,8-9H2;/q;+1/p-1. The first-order valence-corrected chi connectivity index (χ1v) is 5.29. The van der Waals surface area contributed by atoms with Gasteiger partial charge in [0.2, 0.25) is 0 Å². The van der Waals surface area contributed by atoms with Gasteiger partial charge in [0.25, 0.3) is 0 Å². The van der Waals surface area contributed by atoms with Gasteiger partial charge in [-0.25, -0.2) is 0 Å². The van der Waals surface area contributed by atoms with Crippen LogP contribution in [-0.4, -0.2) is 13.1 Å². The van der Waals surface area contributed by atoms with Crippen molar-refractivity contribution in [2.45, 2.75) is 24.2 Å². The Hall–Kier alpha value is 0.240. The minimum Gasteiger partial charge on any atom is -0.780 e. The molecule has 1 aliphatic heterocycles. The summed E-state index contributed by atoms with van der Waals surface area (Å²) >= 11 is 5.05. The molecule has 1 aliphatic rings. The largest absolute Gasteiger partial charge is 1.00 e. The van der Waals surface area contributed by atoms with E-state index in [0.29, 0.717) is 0 Å². The summed E-state index contributed by atoms with van der Waals surface area (Å²) in [6, 6.07) is 8.29. The second-order valence-electron chi connectivity index (χ2n) is 3.54. The molecule has 1 fully saturated rings. The molecule has 2 rings (SSSR count). The molecule has 1 aromatic rings. The van der Waals surface area contributed by atoms with Crippen LogP contribution in [0.3, 0.4) is 0 Å². The maximum Gasteiger partial charge on any atom is 1.00 e. The van der Waals surface area contributed by atoms with Gasteiger partial charge in [-0.2, -0.15) is 4.90 Å². The fraction of sp³-hybridized carbons (Fsp3) is 0.455. The van der Waals surface area contributed by atoms with E-state index in [-0.39, 0.29) is 29.6 Å². The van der Waals surface area contributed by atoms with E-state index in [9.17, 15) is 0 Å². The van der Waals surface area contributed by atoms with Crippen molar-refractivity contribution in [2.75, 3.05) is 18.0 Å². The predicted octanol–water partition coefficient (Wildman–Crippen LogP) is -0.413. The summed E-state index contributed by atoms with van der Waals surface area (Å²) in [6.45, 7) is 2.41. The van der Waals surface area contributed by atoms with Crippen molar-refractivity contribution in [3.05, 3.63) is 24.3 Å². The van der Waals surface area contributed by atoms with Crippen LogP contribution >= 0.6 is 0 Å². The molecule has 0 saturated carbocycles. The molecule has 14 heavy (non-hydrogen) atoms. The first-order valence-electron chi connectivity index (χ1n) is 4.88. The van der Waals surface area contributed by atoms with E-state index in [0.717, 1.165) is 4.90 Å². The van der Waals surface area contributed by atoms with Crippen LogP contribution < -0.4 is 34.5 Å². The summed E-state index contributed by atoms with van der Waals surface area (Å²) in [5.41, 5.74) is 1.33. The van der Waals surface area contributed by atoms with Crippen LogP contribution in [0.5, 0.6) is 0 Å². The van der Waals surface area contributed by atoms with Crippen LogP contribution in [0.2, 0.25) is 0 Å². The molecule has 0 N–H and O–H groups in total. The third-order valence-corrected chi connectivity index (χ3v) is 2.83. The SMILES string of the molecule is [Na+].[S-]c1ccc(N2CCCCC2)cc1. The van der Waals surface area contributed by atoms with E-state index < -0.39 is 0 Å². The summed E-state index contributed by atoms with van der Waals surface area (Å²) in [4.78, 5) is 3.37. The summed E-state index contributed by atoms with van der Waals surface area (Å²) in [7, 11) is 0. The van der Waals surface area contributed by atoms with Crippen molar-refractivity contribution in [3.8, 4) is 0 Å². The quantitative estimate of drug-likeness (QED) is 0.463. The molecule has 0 amide bonds. The molecule has 1 saturated heterocycles. The molecule has 1 aromatic carbocycles. The van der Waals surface area contributed by atoms with Crippen molar-refractivity contribution in [2.24, 2.45) is 0 Å². The first kappa shape index (κ1) is 12.3. The molecule has 1 heterocycles. The van der Waals surface area contributed by atoms with Crippen molar-refractivity contribution < 1.29 is 29.6 Å². The molecule has 0 atom stereocenters. The van der Waals surface area contributed by atoms with Crippen LogP contribution in [0.1, 0.15) is 19.3 Å². The molecule has 0 bridgehead atoms. The zero-order valence-corrected chi connectivity index (χ0v) is 11.5. The fourth-order valence-electron chi connectivity index (χ4n) is 1.81. The Labute approximate surface area is 114 Å². The van der Waals surface area contributed by atoms with Gasteiger partial charge in [0.1, 0.15) is 0 Å². The Bertz CT molecular complexity index is 267. The molecule has 0 aromatic heterocycles. The smallest absolute Gasteiger partial charge is 0.780 e. The maximum atomic E-state index is 5.05. The van der Waals surface area contributed by atoms with E-state index in [1.165, 1.54) is 38.0 Å². The normalized spacial score (nSPS) is 16.1. The van der Waals surface area contributed by atoms with E-state index in [1.54, 1.807) is 0 Å².